The minimum Gasteiger partial charge on any atom is -0.378 e. The smallest absolute Gasteiger partial charge is 0.279 e. The van der Waals surface area contributed by atoms with E-state index in [2.05, 4.69) is 33.5 Å². The van der Waals surface area contributed by atoms with Gasteiger partial charge in [-0.25, -0.2) is 0 Å². The standard InChI is InChI=1S/C25H24N2O3/c28-25(11-5-21-1-7-23(8-2-21)26-13-17-29-18-14-26)12-6-22-3-9-24(10-4-22)27-15-19-30-20-16-27/h1-4,7-10H,13-20H2. The Labute approximate surface area is 177 Å². The van der Waals surface area contributed by atoms with Gasteiger partial charge in [-0.2, -0.15) is 0 Å². The van der Waals surface area contributed by atoms with E-state index in [-0.39, 0.29) is 5.78 Å². The Bertz CT molecular complexity index is 898. The summed E-state index contributed by atoms with van der Waals surface area (Å²) in [6, 6.07) is 15.9. The van der Waals surface area contributed by atoms with Crippen LogP contribution in [0.5, 0.6) is 0 Å². The van der Waals surface area contributed by atoms with Gasteiger partial charge < -0.3 is 19.3 Å². The van der Waals surface area contributed by atoms with Gasteiger partial charge in [0.15, 0.2) is 0 Å². The quantitative estimate of drug-likeness (QED) is 0.724. The van der Waals surface area contributed by atoms with Gasteiger partial charge in [0.25, 0.3) is 5.78 Å². The topological polar surface area (TPSA) is 42.0 Å². The molecule has 2 aliphatic rings. The van der Waals surface area contributed by atoms with E-state index in [9.17, 15) is 4.79 Å². The summed E-state index contributed by atoms with van der Waals surface area (Å²) in [5.41, 5.74) is 3.90. The lowest BCUT2D eigenvalue weighted by molar-refractivity contribution is -0.108. The number of rotatable bonds is 2. The first-order valence-electron chi connectivity index (χ1n) is 10.2. The molecule has 4 rings (SSSR count). The maximum atomic E-state index is 12.0. The Morgan fingerprint density at radius 1 is 0.633 bits per heavy atom. The number of hydrogen-bond donors (Lipinski definition) is 0. The van der Waals surface area contributed by atoms with Crippen LogP contribution in [0.15, 0.2) is 48.5 Å². The number of hydrogen-bond acceptors (Lipinski definition) is 5. The molecule has 0 N–H and O–H groups in total. The summed E-state index contributed by atoms with van der Waals surface area (Å²) in [7, 11) is 0. The van der Waals surface area contributed by atoms with Gasteiger partial charge in [-0.05, 0) is 60.4 Å². The molecule has 0 spiro atoms. The molecule has 2 fully saturated rings. The second-order valence-corrected chi connectivity index (χ2v) is 7.12. The summed E-state index contributed by atoms with van der Waals surface area (Å²) < 4.78 is 10.8. The van der Waals surface area contributed by atoms with E-state index < -0.39 is 0 Å². The Balaban J connectivity index is 1.34. The van der Waals surface area contributed by atoms with E-state index in [1.807, 2.05) is 48.5 Å². The van der Waals surface area contributed by atoms with Gasteiger partial charge in [-0.3, -0.25) is 4.79 Å². The van der Waals surface area contributed by atoms with Crippen LogP contribution in [0.3, 0.4) is 0 Å². The van der Waals surface area contributed by atoms with E-state index in [1.165, 1.54) is 0 Å². The molecule has 0 aromatic heterocycles. The Morgan fingerprint density at radius 2 is 1.00 bits per heavy atom. The molecule has 152 valence electrons. The lowest BCUT2D eigenvalue weighted by atomic mass is 10.1. The molecular weight excluding hydrogens is 376 g/mol. The highest BCUT2D eigenvalue weighted by Gasteiger charge is 2.11. The van der Waals surface area contributed by atoms with E-state index in [0.717, 1.165) is 75.1 Å². The van der Waals surface area contributed by atoms with Gasteiger partial charge in [0.05, 0.1) is 26.4 Å². The Kier molecular flexibility index (Phi) is 6.67. The van der Waals surface area contributed by atoms with Gasteiger partial charge in [-0.1, -0.05) is 11.8 Å². The molecule has 2 aliphatic heterocycles. The predicted octanol–water partition coefficient (Wildman–Crippen LogP) is 2.33. The number of ether oxygens (including phenoxy) is 2. The molecule has 5 heteroatoms. The minimum atomic E-state index is -0.385. The number of morpholine rings is 2. The number of Topliss-reactive ketones (excluding diaryl/α,β-unsaturated/α-hetero) is 1. The van der Waals surface area contributed by atoms with Gasteiger partial charge in [0.2, 0.25) is 0 Å². The fraction of sp³-hybridized carbons (Fsp3) is 0.320. The largest absolute Gasteiger partial charge is 0.378 e. The minimum absolute atomic E-state index is 0.385. The van der Waals surface area contributed by atoms with Crippen molar-refractivity contribution in [1.82, 2.24) is 0 Å². The third-order valence-electron chi connectivity index (χ3n) is 5.13. The van der Waals surface area contributed by atoms with Crippen LogP contribution in [0.25, 0.3) is 0 Å². The molecule has 0 saturated carbocycles. The highest BCUT2D eigenvalue weighted by molar-refractivity contribution is 6.09. The monoisotopic (exact) mass is 400 g/mol. The van der Waals surface area contributed by atoms with Crippen molar-refractivity contribution in [2.75, 3.05) is 62.4 Å². The van der Waals surface area contributed by atoms with Crippen molar-refractivity contribution in [3.8, 4) is 23.7 Å². The first-order chi connectivity index (χ1) is 14.8. The first-order valence-corrected chi connectivity index (χ1v) is 10.2. The average molecular weight is 400 g/mol. The van der Waals surface area contributed by atoms with Gasteiger partial charge in [-0.15, -0.1) is 0 Å². The van der Waals surface area contributed by atoms with E-state index in [4.69, 9.17) is 9.47 Å². The lowest BCUT2D eigenvalue weighted by Crippen LogP contribution is -2.36. The van der Waals surface area contributed by atoms with E-state index >= 15 is 0 Å². The molecule has 0 amide bonds. The summed E-state index contributed by atoms with van der Waals surface area (Å²) >= 11 is 0. The molecule has 2 aromatic rings. The zero-order chi connectivity index (χ0) is 20.6. The van der Waals surface area contributed by atoms with Gasteiger partial charge >= 0.3 is 0 Å². The van der Waals surface area contributed by atoms with Crippen LogP contribution < -0.4 is 9.80 Å². The Morgan fingerprint density at radius 3 is 1.37 bits per heavy atom. The van der Waals surface area contributed by atoms with E-state index in [0.29, 0.717) is 0 Å². The van der Waals surface area contributed by atoms with Crippen molar-refractivity contribution in [2.45, 2.75) is 0 Å². The molecular formula is C25H24N2O3. The van der Waals surface area contributed by atoms with Crippen molar-refractivity contribution in [1.29, 1.82) is 0 Å². The van der Waals surface area contributed by atoms with Crippen LogP contribution in [0, 0.1) is 23.7 Å². The van der Waals surface area contributed by atoms with E-state index in [1.54, 1.807) is 0 Å². The molecule has 0 unspecified atom stereocenters. The molecule has 2 aromatic carbocycles. The van der Waals surface area contributed by atoms with Crippen LogP contribution in [0.1, 0.15) is 11.1 Å². The van der Waals surface area contributed by atoms with Crippen molar-refractivity contribution in [2.24, 2.45) is 0 Å². The highest BCUT2D eigenvalue weighted by atomic mass is 16.5. The van der Waals surface area contributed by atoms with Gasteiger partial charge in [0, 0.05) is 48.7 Å². The summed E-state index contributed by atoms with van der Waals surface area (Å²) in [6.07, 6.45) is 0. The molecule has 0 bridgehead atoms. The van der Waals surface area contributed by atoms with Crippen molar-refractivity contribution in [3.05, 3.63) is 59.7 Å². The third-order valence-corrected chi connectivity index (χ3v) is 5.13. The SMILES string of the molecule is O=C(C#Cc1ccc(N2CCOCC2)cc1)C#Cc1ccc(N2CCOCC2)cc1. The molecule has 5 nitrogen and oxygen atoms in total. The number of carbonyl (C=O) groups is 1. The maximum Gasteiger partial charge on any atom is 0.279 e. The zero-order valence-electron chi connectivity index (χ0n) is 16.9. The molecule has 30 heavy (non-hydrogen) atoms. The number of benzene rings is 2. The molecule has 0 atom stereocenters. The summed E-state index contributed by atoms with van der Waals surface area (Å²) in [5, 5.41) is 0. The lowest BCUT2D eigenvalue weighted by Gasteiger charge is -2.28. The number of anilines is 2. The number of carbonyl (C=O) groups excluding carboxylic acids is 1. The second-order valence-electron chi connectivity index (χ2n) is 7.12. The van der Waals surface area contributed by atoms with Crippen LogP contribution in [0.4, 0.5) is 11.4 Å². The summed E-state index contributed by atoms with van der Waals surface area (Å²) in [6.45, 7) is 6.60. The molecule has 2 saturated heterocycles. The fourth-order valence-corrected chi connectivity index (χ4v) is 3.44. The predicted molar refractivity (Wildman–Crippen MR) is 118 cm³/mol. The van der Waals surface area contributed by atoms with Crippen molar-refractivity contribution >= 4 is 17.2 Å². The van der Waals surface area contributed by atoms with Gasteiger partial charge in [0.1, 0.15) is 0 Å². The third kappa shape index (κ3) is 5.42. The summed E-state index contributed by atoms with van der Waals surface area (Å²) in [4.78, 5) is 16.6. The fourth-order valence-electron chi connectivity index (χ4n) is 3.44. The van der Waals surface area contributed by atoms with Crippen LogP contribution >= 0.6 is 0 Å². The zero-order valence-corrected chi connectivity index (χ0v) is 16.9. The van der Waals surface area contributed by atoms with Crippen LogP contribution in [-0.4, -0.2) is 58.4 Å². The van der Waals surface area contributed by atoms with Crippen molar-refractivity contribution in [3.63, 3.8) is 0 Å². The molecule has 0 radical (unpaired) electrons. The summed E-state index contributed by atoms with van der Waals surface area (Å²) in [5.74, 6) is 10.6. The molecule has 0 aliphatic carbocycles. The first kappa shape index (κ1) is 20.0. The average Bonchev–Trinajstić information content (AvgIpc) is 2.83. The van der Waals surface area contributed by atoms with Crippen LogP contribution in [0.2, 0.25) is 0 Å². The number of nitrogens with zero attached hydrogens (tertiary/aromatic N) is 2. The maximum absolute atomic E-state index is 12.0. The normalized spacial score (nSPS) is 16.1. The van der Waals surface area contributed by atoms with Crippen molar-refractivity contribution < 1.29 is 14.3 Å². The second kappa shape index (κ2) is 9.98. The molecule has 2 heterocycles. The number of ketones is 1. The highest BCUT2D eigenvalue weighted by Crippen LogP contribution is 2.17. The Hall–Kier alpha value is -3.25. The van der Waals surface area contributed by atoms with Crippen LogP contribution in [-0.2, 0) is 14.3 Å².